The number of carbonyl (C=O) groups is 2. The summed E-state index contributed by atoms with van der Waals surface area (Å²) < 4.78 is 7.56. The minimum Gasteiger partial charge on any atom is -0.496 e. The van der Waals surface area contributed by atoms with Crippen molar-refractivity contribution in [3.05, 3.63) is 65.9 Å². The van der Waals surface area contributed by atoms with E-state index in [1.807, 2.05) is 66.1 Å². The lowest BCUT2D eigenvalue weighted by molar-refractivity contribution is -0.134. The second kappa shape index (κ2) is 8.58. The number of hydrogen-bond donors (Lipinski definition) is 1. The molecular formula is C27H31N3O3. The van der Waals surface area contributed by atoms with E-state index in [1.54, 1.807) is 12.0 Å². The molecule has 2 aliphatic rings. The van der Waals surface area contributed by atoms with Crippen LogP contribution in [0.3, 0.4) is 0 Å². The summed E-state index contributed by atoms with van der Waals surface area (Å²) in [5.41, 5.74) is 1.46. The van der Waals surface area contributed by atoms with Crippen molar-refractivity contribution < 1.29 is 14.3 Å². The molecule has 2 amide bonds. The van der Waals surface area contributed by atoms with E-state index in [-0.39, 0.29) is 17.9 Å². The minimum atomic E-state index is -1.02. The third-order valence-corrected chi connectivity index (χ3v) is 7.29. The Morgan fingerprint density at radius 1 is 1.09 bits per heavy atom. The van der Waals surface area contributed by atoms with Gasteiger partial charge in [0, 0.05) is 22.5 Å². The van der Waals surface area contributed by atoms with Gasteiger partial charge in [-0.25, -0.2) is 0 Å². The molecule has 33 heavy (non-hydrogen) atoms. The fraction of sp³-hybridized carbons (Fsp3) is 0.407. The predicted molar refractivity (Wildman–Crippen MR) is 128 cm³/mol. The van der Waals surface area contributed by atoms with Gasteiger partial charge in [0.2, 0.25) is 5.91 Å². The quantitative estimate of drug-likeness (QED) is 0.628. The molecule has 1 atom stereocenters. The number of nitrogens with one attached hydrogen (secondary N) is 1. The van der Waals surface area contributed by atoms with Crippen molar-refractivity contribution in [2.24, 2.45) is 0 Å². The van der Waals surface area contributed by atoms with Gasteiger partial charge in [-0.2, -0.15) is 0 Å². The summed E-state index contributed by atoms with van der Waals surface area (Å²) in [6.07, 6.45) is 5.50. The number of rotatable bonds is 5. The molecule has 0 radical (unpaired) electrons. The lowest BCUT2D eigenvalue weighted by atomic mass is 9.91. The van der Waals surface area contributed by atoms with E-state index in [9.17, 15) is 9.59 Å². The maximum absolute atomic E-state index is 13.9. The zero-order valence-corrected chi connectivity index (χ0v) is 19.3. The van der Waals surface area contributed by atoms with Gasteiger partial charge in [-0.1, -0.05) is 55.7 Å². The maximum Gasteiger partial charge on any atom is 0.271 e. The highest BCUT2D eigenvalue weighted by atomic mass is 16.5. The van der Waals surface area contributed by atoms with E-state index < -0.39 is 5.54 Å². The largest absolute Gasteiger partial charge is 0.496 e. The molecule has 0 saturated heterocycles. The summed E-state index contributed by atoms with van der Waals surface area (Å²) in [4.78, 5) is 29.4. The van der Waals surface area contributed by atoms with Crippen molar-refractivity contribution in [3.8, 4) is 5.75 Å². The van der Waals surface area contributed by atoms with Crippen LogP contribution in [0.1, 0.15) is 55.1 Å². The zero-order valence-electron chi connectivity index (χ0n) is 19.3. The third-order valence-electron chi connectivity index (χ3n) is 7.29. The van der Waals surface area contributed by atoms with E-state index in [2.05, 4.69) is 5.32 Å². The highest BCUT2D eigenvalue weighted by Crippen LogP contribution is 2.35. The van der Waals surface area contributed by atoms with Crippen LogP contribution in [0.25, 0.3) is 10.9 Å². The summed E-state index contributed by atoms with van der Waals surface area (Å²) in [5, 5.41) is 4.30. The molecule has 6 heteroatoms. The van der Waals surface area contributed by atoms with Crippen LogP contribution in [0.15, 0.2) is 54.6 Å². The summed E-state index contributed by atoms with van der Waals surface area (Å²) in [5.74, 6) is 0.497. The molecule has 0 bridgehead atoms. The van der Waals surface area contributed by atoms with Gasteiger partial charge >= 0.3 is 0 Å². The molecule has 1 aliphatic carbocycles. The Balaban J connectivity index is 1.56. The molecule has 3 aromatic rings. The van der Waals surface area contributed by atoms with Crippen LogP contribution in [0, 0.1) is 0 Å². The first kappa shape index (κ1) is 21.6. The molecule has 0 spiro atoms. The van der Waals surface area contributed by atoms with Gasteiger partial charge in [0.1, 0.15) is 17.0 Å². The van der Waals surface area contributed by atoms with E-state index in [0.717, 1.165) is 42.1 Å². The van der Waals surface area contributed by atoms with Crippen molar-refractivity contribution in [1.29, 1.82) is 0 Å². The summed E-state index contributed by atoms with van der Waals surface area (Å²) in [6.45, 7) is 2.62. The molecule has 0 unspecified atom stereocenters. The molecule has 5 rings (SSSR count). The van der Waals surface area contributed by atoms with Crippen molar-refractivity contribution >= 4 is 22.7 Å². The molecule has 2 heterocycles. The number of aromatic nitrogens is 1. The van der Waals surface area contributed by atoms with Crippen molar-refractivity contribution in [3.63, 3.8) is 0 Å². The number of nitrogens with zero attached hydrogens (tertiary/aromatic N) is 2. The monoisotopic (exact) mass is 445 g/mol. The second-order valence-electron chi connectivity index (χ2n) is 9.46. The standard InChI is InChI=1S/C27H31N3O3/c1-27(26(32)28-21-12-4-3-5-13-21)18-29-22-14-8-6-10-19(22)16-23(29)25(31)30(27)17-20-11-7-9-15-24(20)33-2/h6-11,14-16,21H,3-5,12-13,17-18H2,1-2H3,(H,28,32)/t27-/m1/s1. The van der Waals surface area contributed by atoms with E-state index >= 15 is 0 Å². The number of fused-ring (bicyclic) bond motifs is 3. The fourth-order valence-corrected chi connectivity index (χ4v) is 5.35. The number of amides is 2. The molecule has 6 nitrogen and oxygen atoms in total. The van der Waals surface area contributed by atoms with Crippen LogP contribution in [0.2, 0.25) is 0 Å². The smallest absolute Gasteiger partial charge is 0.271 e. The molecule has 172 valence electrons. The number of ether oxygens (including phenoxy) is 1. The van der Waals surface area contributed by atoms with Crippen LogP contribution in [0.4, 0.5) is 0 Å². The predicted octanol–water partition coefficient (Wildman–Crippen LogP) is 4.51. The van der Waals surface area contributed by atoms with Crippen LogP contribution < -0.4 is 10.1 Å². The molecule has 2 aromatic carbocycles. The lowest BCUT2D eigenvalue weighted by Gasteiger charge is -2.45. The number of carbonyl (C=O) groups excluding carboxylic acids is 2. The van der Waals surface area contributed by atoms with Gasteiger partial charge in [-0.3, -0.25) is 9.59 Å². The fourth-order valence-electron chi connectivity index (χ4n) is 5.35. The Bertz CT molecular complexity index is 1190. The highest BCUT2D eigenvalue weighted by molar-refractivity contribution is 6.03. The van der Waals surface area contributed by atoms with Gasteiger partial charge in [-0.05, 0) is 38.0 Å². The minimum absolute atomic E-state index is 0.0823. The Morgan fingerprint density at radius 2 is 1.82 bits per heavy atom. The SMILES string of the molecule is COc1ccccc1CN1C(=O)c2cc3ccccc3n2C[C@]1(C)C(=O)NC1CCCCC1. The normalized spacial score (nSPS) is 21.2. The van der Waals surface area contributed by atoms with E-state index in [1.165, 1.54) is 6.42 Å². The van der Waals surface area contributed by atoms with Gasteiger partial charge in [0.15, 0.2) is 0 Å². The number of para-hydroxylation sites is 2. The van der Waals surface area contributed by atoms with Crippen LogP contribution in [0.5, 0.6) is 5.75 Å². The van der Waals surface area contributed by atoms with Gasteiger partial charge in [0.25, 0.3) is 5.91 Å². The number of benzene rings is 2. The van der Waals surface area contributed by atoms with Gasteiger partial charge in [-0.15, -0.1) is 0 Å². The van der Waals surface area contributed by atoms with Crippen LogP contribution in [-0.2, 0) is 17.9 Å². The van der Waals surface area contributed by atoms with Gasteiger partial charge in [0.05, 0.1) is 20.2 Å². The highest BCUT2D eigenvalue weighted by Gasteiger charge is 2.48. The van der Waals surface area contributed by atoms with Crippen LogP contribution in [-0.4, -0.2) is 40.0 Å². The van der Waals surface area contributed by atoms with Crippen molar-refractivity contribution in [2.45, 2.75) is 63.7 Å². The van der Waals surface area contributed by atoms with Gasteiger partial charge < -0.3 is 19.5 Å². The molecule has 1 aliphatic heterocycles. The topological polar surface area (TPSA) is 63.6 Å². The average Bonchev–Trinajstić information content (AvgIpc) is 3.21. The van der Waals surface area contributed by atoms with Crippen LogP contribution >= 0.6 is 0 Å². The first-order chi connectivity index (χ1) is 16.0. The Morgan fingerprint density at radius 3 is 2.61 bits per heavy atom. The van der Waals surface area contributed by atoms with E-state index in [0.29, 0.717) is 24.5 Å². The third kappa shape index (κ3) is 3.77. The molecule has 1 aromatic heterocycles. The Hall–Kier alpha value is -3.28. The zero-order chi connectivity index (χ0) is 23.0. The maximum atomic E-state index is 13.9. The molecule has 1 fully saturated rings. The Kier molecular flexibility index (Phi) is 5.60. The molecule has 1 N–H and O–H groups in total. The number of hydrogen-bond acceptors (Lipinski definition) is 3. The van der Waals surface area contributed by atoms with Crippen molar-refractivity contribution in [2.75, 3.05) is 7.11 Å². The summed E-state index contributed by atoms with van der Waals surface area (Å²) in [6, 6.07) is 17.8. The summed E-state index contributed by atoms with van der Waals surface area (Å²) >= 11 is 0. The Labute approximate surface area is 194 Å². The first-order valence-electron chi connectivity index (χ1n) is 11.8. The lowest BCUT2D eigenvalue weighted by Crippen LogP contribution is -2.64. The molecular weight excluding hydrogens is 414 g/mol. The number of methoxy groups -OCH3 is 1. The van der Waals surface area contributed by atoms with Crippen molar-refractivity contribution in [1.82, 2.24) is 14.8 Å². The molecule has 1 saturated carbocycles. The average molecular weight is 446 g/mol. The summed E-state index contributed by atoms with van der Waals surface area (Å²) in [7, 11) is 1.63. The first-order valence-corrected chi connectivity index (χ1v) is 11.8. The van der Waals surface area contributed by atoms with E-state index in [4.69, 9.17) is 4.74 Å². The second-order valence-corrected chi connectivity index (χ2v) is 9.46.